The van der Waals surface area contributed by atoms with E-state index < -0.39 is 53.1 Å². The van der Waals surface area contributed by atoms with Crippen LogP contribution < -0.4 is 30.9 Å². The number of nitrogens with zero attached hydrogens (tertiary/aromatic N) is 4. The Kier molecular flexibility index (Phi) is 11.3. The average molecular weight is 817 g/mol. The Morgan fingerprint density at radius 1 is 0.932 bits per heavy atom. The van der Waals surface area contributed by atoms with Gasteiger partial charge in [-0.3, -0.25) is 39.1 Å². The number of carbonyl (C=O) groups is 5. The van der Waals surface area contributed by atoms with Crippen LogP contribution >= 0.6 is 0 Å². The molecule has 3 aliphatic rings. The summed E-state index contributed by atoms with van der Waals surface area (Å²) in [5.41, 5.74) is 0.424. The van der Waals surface area contributed by atoms with Crippen molar-refractivity contribution in [3.8, 4) is 5.75 Å². The fraction of sp³-hybridized carbons (Fsp3) is 0.317. The number of halogens is 4. The number of benzene rings is 3. The van der Waals surface area contributed by atoms with E-state index in [1.807, 2.05) is 24.1 Å². The SMILES string of the molecule is CNC(=O)c1ccccc1Nc1cc(Nc2ccc(N3CCC(N(C)Cc4cc5c(cc4F)C(=O)N(C4CCC(=O)NC4=O)C5=O)CC3)cc2OC)ncc1C(F)(F)F. The van der Waals surface area contributed by atoms with Crippen LogP contribution in [0.25, 0.3) is 0 Å². The normalized spacial score (nSPS) is 17.3. The number of imide groups is 2. The number of nitrogens with one attached hydrogen (secondary N) is 4. The molecule has 308 valence electrons. The number of hydrogen-bond acceptors (Lipinski definition) is 11. The number of methoxy groups -OCH3 is 1. The molecule has 4 N–H and O–H groups in total. The number of piperidine rings is 2. The number of amides is 5. The highest BCUT2D eigenvalue weighted by Crippen LogP contribution is 2.39. The third-order valence-electron chi connectivity index (χ3n) is 10.8. The molecule has 1 unspecified atom stereocenters. The van der Waals surface area contributed by atoms with Crippen LogP contribution in [0.3, 0.4) is 0 Å². The first kappa shape index (κ1) is 40.6. The van der Waals surface area contributed by atoms with Crippen LogP contribution in [0.2, 0.25) is 0 Å². The molecular weight excluding hydrogens is 776 g/mol. The van der Waals surface area contributed by atoms with Gasteiger partial charge in [0.1, 0.15) is 23.4 Å². The first-order valence-electron chi connectivity index (χ1n) is 18.8. The fourth-order valence-electron chi connectivity index (χ4n) is 7.66. The van der Waals surface area contributed by atoms with E-state index in [0.29, 0.717) is 43.6 Å². The Balaban J connectivity index is 1.00. The first-order chi connectivity index (χ1) is 28.2. The summed E-state index contributed by atoms with van der Waals surface area (Å²) in [4.78, 5) is 71.8. The summed E-state index contributed by atoms with van der Waals surface area (Å²) in [6, 6.07) is 14.1. The molecule has 4 aromatic rings. The average Bonchev–Trinajstić information content (AvgIpc) is 3.44. The van der Waals surface area contributed by atoms with E-state index in [9.17, 15) is 37.1 Å². The summed E-state index contributed by atoms with van der Waals surface area (Å²) >= 11 is 0. The van der Waals surface area contributed by atoms with E-state index in [4.69, 9.17) is 4.74 Å². The number of pyridine rings is 1. The minimum absolute atomic E-state index is 0.000872. The molecule has 3 aliphatic heterocycles. The van der Waals surface area contributed by atoms with E-state index in [1.165, 1.54) is 38.4 Å². The molecule has 0 bridgehead atoms. The van der Waals surface area contributed by atoms with E-state index in [-0.39, 0.29) is 64.9 Å². The largest absolute Gasteiger partial charge is 0.494 e. The van der Waals surface area contributed by atoms with E-state index in [1.54, 1.807) is 18.2 Å². The number of para-hydroxylation sites is 1. The van der Waals surface area contributed by atoms with Gasteiger partial charge in [0.2, 0.25) is 11.8 Å². The van der Waals surface area contributed by atoms with Gasteiger partial charge in [0.25, 0.3) is 17.7 Å². The molecule has 18 heteroatoms. The Hall–Kier alpha value is -6.56. The second kappa shape index (κ2) is 16.4. The number of alkyl halides is 3. The van der Waals surface area contributed by atoms with Gasteiger partial charge in [0.05, 0.1) is 46.4 Å². The molecule has 0 radical (unpaired) electrons. The topological polar surface area (TPSA) is 165 Å². The van der Waals surface area contributed by atoms with Crippen LogP contribution in [0.15, 0.2) is 66.9 Å². The van der Waals surface area contributed by atoms with Gasteiger partial charge in [0, 0.05) is 68.7 Å². The summed E-state index contributed by atoms with van der Waals surface area (Å²) in [5, 5.41) is 10.4. The van der Waals surface area contributed by atoms with Crippen molar-refractivity contribution >= 4 is 58.1 Å². The van der Waals surface area contributed by atoms with Gasteiger partial charge in [-0.2, -0.15) is 13.2 Å². The lowest BCUT2D eigenvalue weighted by Gasteiger charge is -2.38. The predicted molar refractivity (Wildman–Crippen MR) is 208 cm³/mol. The predicted octanol–water partition coefficient (Wildman–Crippen LogP) is 5.60. The zero-order chi connectivity index (χ0) is 42.2. The zero-order valence-corrected chi connectivity index (χ0v) is 32.2. The maximum Gasteiger partial charge on any atom is 0.419 e. The number of aromatic nitrogens is 1. The van der Waals surface area contributed by atoms with Crippen LogP contribution in [0.1, 0.15) is 67.9 Å². The first-order valence-corrected chi connectivity index (χ1v) is 18.8. The number of ether oxygens (including phenoxy) is 1. The van der Waals surface area contributed by atoms with E-state index >= 15 is 4.39 Å². The van der Waals surface area contributed by atoms with Gasteiger partial charge in [-0.05, 0) is 62.7 Å². The highest BCUT2D eigenvalue weighted by atomic mass is 19.4. The Morgan fingerprint density at radius 2 is 1.64 bits per heavy atom. The highest BCUT2D eigenvalue weighted by molar-refractivity contribution is 6.23. The molecule has 2 fully saturated rings. The summed E-state index contributed by atoms with van der Waals surface area (Å²) < 4.78 is 63.2. The van der Waals surface area contributed by atoms with Crippen LogP contribution in [0.4, 0.5) is 46.1 Å². The Labute approximate surface area is 335 Å². The molecule has 14 nitrogen and oxygen atoms in total. The molecule has 3 aromatic carbocycles. The van der Waals surface area contributed by atoms with Gasteiger partial charge >= 0.3 is 6.18 Å². The van der Waals surface area contributed by atoms with E-state index in [0.717, 1.165) is 16.7 Å². The van der Waals surface area contributed by atoms with Crippen LogP contribution in [0, 0.1) is 5.82 Å². The molecule has 5 amide bonds. The molecule has 7 rings (SSSR count). The molecule has 0 aliphatic carbocycles. The zero-order valence-electron chi connectivity index (χ0n) is 32.2. The van der Waals surface area contributed by atoms with Gasteiger partial charge in [-0.1, -0.05) is 12.1 Å². The molecule has 1 atom stereocenters. The van der Waals surface area contributed by atoms with Crippen molar-refractivity contribution < 1.29 is 46.3 Å². The Morgan fingerprint density at radius 3 is 2.32 bits per heavy atom. The molecule has 0 spiro atoms. The number of rotatable bonds is 11. The number of hydrogen-bond donors (Lipinski definition) is 4. The van der Waals surface area contributed by atoms with Crippen LogP contribution in [-0.4, -0.2) is 90.7 Å². The van der Waals surface area contributed by atoms with E-state index in [2.05, 4.69) is 31.2 Å². The minimum Gasteiger partial charge on any atom is -0.494 e. The summed E-state index contributed by atoms with van der Waals surface area (Å²) in [5.74, 6) is -3.31. The summed E-state index contributed by atoms with van der Waals surface area (Å²) in [6.45, 7) is 1.44. The monoisotopic (exact) mass is 816 g/mol. The van der Waals surface area contributed by atoms with Crippen molar-refractivity contribution in [1.29, 1.82) is 0 Å². The lowest BCUT2D eigenvalue weighted by Crippen LogP contribution is -2.54. The van der Waals surface area contributed by atoms with Crippen molar-refractivity contribution in [3.05, 3.63) is 100 Å². The van der Waals surface area contributed by atoms with Crippen molar-refractivity contribution in [2.75, 3.05) is 49.8 Å². The number of anilines is 5. The summed E-state index contributed by atoms with van der Waals surface area (Å²) in [6.07, 6.45) is -2.63. The summed E-state index contributed by atoms with van der Waals surface area (Å²) in [7, 11) is 4.76. The van der Waals surface area contributed by atoms with Crippen molar-refractivity contribution in [2.24, 2.45) is 0 Å². The fourth-order valence-corrected chi connectivity index (χ4v) is 7.66. The third kappa shape index (κ3) is 8.25. The third-order valence-corrected chi connectivity index (χ3v) is 10.8. The molecule has 1 aromatic heterocycles. The highest BCUT2D eigenvalue weighted by Gasteiger charge is 2.45. The standard InChI is InChI=1S/C41H40F4N8O6/c1-46-37(55)25-6-4-5-7-30(25)48-32-19-35(47-20-28(32)41(43,44)45)49-31-9-8-24(17-34(31)59-3)52-14-12-23(13-15-52)51(2)21-22-16-26-27(18-29(22)42)40(58)53(39(26)57)33-10-11-36(54)50-38(33)56/h4-9,16-20,23,33H,10-15,21H2,1-3H3,(H,46,55)(H2,47,48,49)(H,50,54,56). The van der Waals surface area contributed by atoms with Crippen LogP contribution in [-0.2, 0) is 22.3 Å². The minimum atomic E-state index is -4.74. The smallest absolute Gasteiger partial charge is 0.419 e. The second-order valence-electron chi connectivity index (χ2n) is 14.4. The molecule has 0 saturated carbocycles. The van der Waals surface area contributed by atoms with Crippen molar-refractivity contribution in [1.82, 2.24) is 25.4 Å². The van der Waals surface area contributed by atoms with Crippen molar-refractivity contribution in [2.45, 2.75) is 50.5 Å². The second-order valence-corrected chi connectivity index (χ2v) is 14.4. The molecular formula is C41H40F4N8O6. The van der Waals surface area contributed by atoms with Crippen molar-refractivity contribution in [3.63, 3.8) is 0 Å². The van der Waals surface area contributed by atoms with Crippen LogP contribution in [0.5, 0.6) is 5.75 Å². The quantitative estimate of drug-likeness (QED) is 0.110. The van der Waals surface area contributed by atoms with Gasteiger partial charge < -0.3 is 25.6 Å². The maximum atomic E-state index is 15.4. The Bertz CT molecular complexity index is 2350. The van der Waals surface area contributed by atoms with Gasteiger partial charge in [0.15, 0.2) is 0 Å². The molecule has 59 heavy (non-hydrogen) atoms. The van der Waals surface area contributed by atoms with Gasteiger partial charge in [-0.25, -0.2) is 9.37 Å². The molecule has 4 heterocycles. The lowest BCUT2D eigenvalue weighted by molar-refractivity contribution is -0.137. The molecule has 2 saturated heterocycles. The lowest BCUT2D eigenvalue weighted by atomic mass is 10.0. The van der Waals surface area contributed by atoms with Gasteiger partial charge in [-0.15, -0.1) is 0 Å². The number of fused-ring (bicyclic) bond motifs is 1. The number of carbonyl (C=O) groups excluding carboxylic acids is 5. The maximum absolute atomic E-state index is 15.4.